The molecule has 0 saturated heterocycles. The summed E-state index contributed by atoms with van der Waals surface area (Å²) in [6, 6.07) is 13.0. The average molecular weight is 426 g/mol. The van der Waals surface area contributed by atoms with Crippen molar-refractivity contribution in [1.29, 1.82) is 0 Å². The van der Waals surface area contributed by atoms with Crippen LogP contribution in [0.25, 0.3) is 22.4 Å². The van der Waals surface area contributed by atoms with E-state index in [1.54, 1.807) is 43.8 Å². The van der Waals surface area contributed by atoms with Crippen LogP contribution in [0.1, 0.15) is 11.6 Å². The van der Waals surface area contributed by atoms with Crippen molar-refractivity contribution in [2.24, 2.45) is 0 Å². The van der Waals surface area contributed by atoms with Crippen LogP contribution in [0.3, 0.4) is 0 Å². The first kappa shape index (κ1) is 20.4. The molecule has 0 bridgehead atoms. The minimum absolute atomic E-state index is 0.279. The first-order valence-corrected chi connectivity index (χ1v) is 9.29. The normalized spacial score (nSPS) is 11.4. The van der Waals surface area contributed by atoms with E-state index in [0.717, 1.165) is 16.9 Å². The third kappa shape index (κ3) is 5.39. The number of hydrogen-bond donors (Lipinski definition) is 1. The van der Waals surface area contributed by atoms with Crippen LogP contribution in [-0.2, 0) is 6.54 Å². The number of alkyl halides is 3. The van der Waals surface area contributed by atoms with Gasteiger partial charge in [-0.2, -0.15) is 0 Å². The van der Waals surface area contributed by atoms with Gasteiger partial charge in [0.1, 0.15) is 23.2 Å². The zero-order valence-electron chi connectivity index (χ0n) is 16.3. The summed E-state index contributed by atoms with van der Waals surface area (Å²) in [7, 11) is 0. The van der Waals surface area contributed by atoms with Gasteiger partial charge in [-0.3, -0.25) is 4.98 Å². The Morgan fingerprint density at radius 2 is 1.74 bits per heavy atom. The average Bonchev–Trinajstić information content (AvgIpc) is 3.25. The Bertz CT molecular complexity index is 1160. The quantitative estimate of drug-likeness (QED) is 0.432. The number of anilines is 1. The van der Waals surface area contributed by atoms with E-state index < -0.39 is 6.36 Å². The van der Waals surface area contributed by atoms with Crippen LogP contribution in [0, 0.1) is 6.92 Å². The van der Waals surface area contributed by atoms with E-state index in [0.29, 0.717) is 29.4 Å². The minimum atomic E-state index is -4.73. The maximum Gasteiger partial charge on any atom is 0.573 e. The van der Waals surface area contributed by atoms with Crippen molar-refractivity contribution >= 4 is 5.82 Å². The molecule has 9 heteroatoms. The SMILES string of the molecule is Cc1nc(NCc2ccco2)cc(-c2cncc(-c3ccc(OC(F)(F)F)cc3)c2)n1. The van der Waals surface area contributed by atoms with Gasteiger partial charge in [0.15, 0.2) is 0 Å². The summed E-state index contributed by atoms with van der Waals surface area (Å²) in [6.45, 7) is 2.27. The monoisotopic (exact) mass is 426 g/mol. The Kier molecular flexibility index (Phi) is 5.57. The molecule has 0 aliphatic heterocycles. The van der Waals surface area contributed by atoms with Gasteiger partial charge in [0.25, 0.3) is 0 Å². The molecule has 0 radical (unpaired) electrons. The molecule has 0 aliphatic rings. The van der Waals surface area contributed by atoms with Crippen LogP contribution in [0.4, 0.5) is 19.0 Å². The van der Waals surface area contributed by atoms with Crippen molar-refractivity contribution in [3.05, 3.63) is 78.8 Å². The van der Waals surface area contributed by atoms with Gasteiger partial charge in [0, 0.05) is 29.6 Å². The van der Waals surface area contributed by atoms with Gasteiger partial charge < -0.3 is 14.5 Å². The second kappa shape index (κ2) is 8.47. The molecule has 3 heterocycles. The minimum Gasteiger partial charge on any atom is -0.467 e. The fraction of sp³-hybridized carbons (Fsp3) is 0.136. The molecule has 1 aromatic carbocycles. The van der Waals surface area contributed by atoms with Gasteiger partial charge in [0.2, 0.25) is 0 Å². The molecule has 6 nitrogen and oxygen atoms in total. The molecular formula is C22H17F3N4O2. The summed E-state index contributed by atoms with van der Waals surface area (Å²) in [6.07, 6.45) is 0.180. The molecule has 4 rings (SSSR count). The molecule has 3 aromatic heterocycles. The Hall–Kier alpha value is -3.88. The molecule has 0 amide bonds. The molecule has 4 aromatic rings. The lowest BCUT2D eigenvalue weighted by atomic mass is 10.0. The molecule has 158 valence electrons. The van der Waals surface area contributed by atoms with Crippen molar-refractivity contribution < 1.29 is 22.3 Å². The van der Waals surface area contributed by atoms with Crippen LogP contribution in [0.5, 0.6) is 5.75 Å². The summed E-state index contributed by atoms with van der Waals surface area (Å²) in [5.74, 6) is 1.72. The summed E-state index contributed by atoms with van der Waals surface area (Å²) in [5.41, 5.74) is 2.85. The van der Waals surface area contributed by atoms with Crippen molar-refractivity contribution in [2.45, 2.75) is 19.8 Å². The smallest absolute Gasteiger partial charge is 0.467 e. The van der Waals surface area contributed by atoms with E-state index in [-0.39, 0.29) is 5.75 Å². The van der Waals surface area contributed by atoms with Crippen molar-refractivity contribution in [3.63, 3.8) is 0 Å². The van der Waals surface area contributed by atoms with Crippen molar-refractivity contribution in [1.82, 2.24) is 15.0 Å². The Balaban J connectivity index is 1.56. The number of ether oxygens (including phenoxy) is 1. The van der Waals surface area contributed by atoms with Gasteiger partial charge in [-0.15, -0.1) is 13.2 Å². The van der Waals surface area contributed by atoms with Gasteiger partial charge in [-0.1, -0.05) is 12.1 Å². The van der Waals surface area contributed by atoms with E-state index in [9.17, 15) is 13.2 Å². The topological polar surface area (TPSA) is 73.1 Å². The molecule has 1 N–H and O–H groups in total. The van der Waals surface area contributed by atoms with Crippen LogP contribution >= 0.6 is 0 Å². The lowest BCUT2D eigenvalue weighted by molar-refractivity contribution is -0.274. The van der Waals surface area contributed by atoms with E-state index in [1.165, 1.54) is 12.1 Å². The molecular weight excluding hydrogens is 409 g/mol. The molecule has 0 atom stereocenters. The van der Waals surface area contributed by atoms with Crippen LogP contribution in [-0.4, -0.2) is 21.3 Å². The predicted octanol–water partition coefficient (Wildman–Crippen LogP) is 5.62. The third-order valence-corrected chi connectivity index (χ3v) is 4.32. The first-order valence-electron chi connectivity index (χ1n) is 9.29. The summed E-state index contributed by atoms with van der Waals surface area (Å²) >= 11 is 0. The molecule has 0 saturated carbocycles. The Morgan fingerprint density at radius 1 is 0.968 bits per heavy atom. The first-order chi connectivity index (χ1) is 14.9. The number of nitrogens with zero attached hydrogens (tertiary/aromatic N) is 3. The maximum absolute atomic E-state index is 12.4. The number of aryl methyl sites for hydroxylation is 1. The van der Waals surface area contributed by atoms with E-state index >= 15 is 0 Å². The van der Waals surface area contributed by atoms with Crippen LogP contribution in [0.2, 0.25) is 0 Å². The molecule has 0 spiro atoms. The number of benzene rings is 1. The summed E-state index contributed by atoms with van der Waals surface area (Å²) in [5, 5.41) is 3.20. The fourth-order valence-corrected chi connectivity index (χ4v) is 2.98. The zero-order chi connectivity index (χ0) is 21.8. The highest BCUT2D eigenvalue weighted by Crippen LogP contribution is 2.28. The van der Waals surface area contributed by atoms with Gasteiger partial charge in [-0.25, -0.2) is 9.97 Å². The second-order valence-electron chi connectivity index (χ2n) is 6.65. The lowest BCUT2D eigenvalue weighted by Gasteiger charge is -2.10. The Morgan fingerprint density at radius 3 is 2.45 bits per heavy atom. The van der Waals surface area contributed by atoms with Gasteiger partial charge in [0.05, 0.1) is 18.5 Å². The van der Waals surface area contributed by atoms with Crippen LogP contribution < -0.4 is 10.1 Å². The number of furan rings is 1. The highest BCUT2D eigenvalue weighted by atomic mass is 19.4. The highest BCUT2D eigenvalue weighted by molar-refractivity contribution is 5.71. The number of pyridine rings is 1. The predicted molar refractivity (Wildman–Crippen MR) is 108 cm³/mol. The van der Waals surface area contributed by atoms with Gasteiger partial charge in [-0.05, 0) is 42.8 Å². The van der Waals surface area contributed by atoms with E-state index in [2.05, 4.69) is 25.0 Å². The lowest BCUT2D eigenvalue weighted by Crippen LogP contribution is -2.16. The van der Waals surface area contributed by atoms with E-state index in [1.807, 2.05) is 18.2 Å². The van der Waals surface area contributed by atoms with Crippen molar-refractivity contribution in [3.8, 4) is 28.1 Å². The van der Waals surface area contributed by atoms with Crippen LogP contribution in [0.15, 0.2) is 71.6 Å². The molecule has 31 heavy (non-hydrogen) atoms. The Labute approximate surface area is 175 Å². The highest BCUT2D eigenvalue weighted by Gasteiger charge is 2.30. The second-order valence-corrected chi connectivity index (χ2v) is 6.65. The van der Waals surface area contributed by atoms with E-state index in [4.69, 9.17) is 4.42 Å². The number of nitrogens with one attached hydrogen (secondary N) is 1. The number of rotatable bonds is 6. The number of halogens is 3. The fourth-order valence-electron chi connectivity index (χ4n) is 2.98. The maximum atomic E-state index is 12.4. The molecule has 0 unspecified atom stereocenters. The van der Waals surface area contributed by atoms with Gasteiger partial charge >= 0.3 is 6.36 Å². The third-order valence-electron chi connectivity index (χ3n) is 4.32. The standard InChI is InChI=1S/C22H17F3N4O2/c1-14-28-20(10-21(29-14)27-13-19-3-2-8-30-19)17-9-16(11-26-12-17)15-4-6-18(7-5-15)31-22(23,24)25/h2-12H,13H2,1H3,(H,27,28,29). The largest absolute Gasteiger partial charge is 0.573 e. The molecule has 0 fully saturated rings. The van der Waals surface area contributed by atoms with Crippen molar-refractivity contribution in [2.75, 3.05) is 5.32 Å². The summed E-state index contributed by atoms with van der Waals surface area (Å²) < 4.78 is 46.3. The summed E-state index contributed by atoms with van der Waals surface area (Å²) in [4.78, 5) is 13.1. The zero-order valence-corrected chi connectivity index (χ0v) is 16.3. The number of hydrogen-bond acceptors (Lipinski definition) is 6. The molecule has 0 aliphatic carbocycles. The number of aromatic nitrogens is 3.